The Morgan fingerprint density at radius 3 is 2.63 bits per heavy atom. The third kappa shape index (κ3) is 2.56. The minimum Gasteiger partial charge on any atom is -0.497 e. The maximum atomic E-state index is 13.0. The number of aromatic nitrogens is 4. The Bertz CT molecular complexity index is 1140. The molecule has 140 valence electrons. The van der Waals surface area contributed by atoms with Gasteiger partial charge in [-0.25, -0.2) is 4.79 Å². The molecule has 0 fully saturated rings. The van der Waals surface area contributed by atoms with E-state index in [0.29, 0.717) is 23.7 Å². The number of hydrogen-bond donors (Lipinski definition) is 0. The summed E-state index contributed by atoms with van der Waals surface area (Å²) >= 11 is 0. The second-order valence-corrected chi connectivity index (χ2v) is 6.48. The fourth-order valence-electron chi connectivity index (χ4n) is 3.56. The molecule has 0 aliphatic carbocycles. The first-order chi connectivity index (χ1) is 13.1. The van der Waals surface area contributed by atoms with Crippen molar-refractivity contribution < 1.29 is 4.74 Å². The minimum absolute atomic E-state index is 0.171. The highest BCUT2D eigenvalue weighted by molar-refractivity contribution is 5.77. The lowest BCUT2D eigenvalue weighted by molar-refractivity contribution is 0.415. The number of benzene rings is 1. The van der Waals surface area contributed by atoms with Crippen LogP contribution in [0.4, 0.5) is 11.6 Å². The molecule has 2 aromatic heterocycles. The maximum absolute atomic E-state index is 13.0. The fourth-order valence-corrected chi connectivity index (χ4v) is 3.56. The molecule has 0 N–H and O–H groups in total. The Labute approximate surface area is 155 Å². The van der Waals surface area contributed by atoms with Gasteiger partial charge < -0.3 is 14.2 Å². The number of hydrogen-bond acceptors (Lipinski definition) is 5. The highest BCUT2D eigenvalue weighted by Gasteiger charge is 2.26. The molecule has 0 unspecified atom stereocenters. The van der Waals surface area contributed by atoms with Gasteiger partial charge in [0.2, 0.25) is 5.95 Å². The molecule has 0 radical (unpaired) electrons. The number of methoxy groups -OCH3 is 1. The zero-order valence-corrected chi connectivity index (χ0v) is 15.4. The van der Waals surface area contributed by atoms with Gasteiger partial charge in [-0.2, -0.15) is 4.98 Å². The van der Waals surface area contributed by atoms with Gasteiger partial charge in [-0.1, -0.05) is 6.08 Å². The third-order valence-electron chi connectivity index (χ3n) is 4.91. The summed E-state index contributed by atoms with van der Waals surface area (Å²) in [6.45, 7) is 5.27. The highest BCUT2D eigenvalue weighted by atomic mass is 16.5. The van der Waals surface area contributed by atoms with Crippen LogP contribution in [0.15, 0.2) is 46.5 Å². The van der Waals surface area contributed by atoms with Crippen LogP contribution in [0.5, 0.6) is 5.75 Å². The summed E-state index contributed by atoms with van der Waals surface area (Å²) in [5.41, 5.74) is 1.10. The van der Waals surface area contributed by atoms with Crippen molar-refractivity contribution in [2.45, 2.75) is 19.5 Å². The van der Waals surface area contributed by atoms with Crippen LogP contribution in [0.25, 0.3) is 11.2 Å². The molecule has 0 saturated heterocycles. The van der Waals surface area contributed by atoms with E-state index in [1.54, 1.807) is 20.2 Å². The van der Waals surface area contributed by atoms with Crippen molar-refractivity contribution in [1.29, 1.82) is 0 Å². The van der Waals surface area contributed by atoms with E-state index in [1.165, 1.54) is 9.13 Å². The topological polar surface area (TPSA) is 74.3 Å². The SMILES string of the molecule is C=CCn1c(=O)c2c(nc3n2CCCN3c2ccc(OC)cc2)n(C)c1=O. The molecule has 1 aliphatic heterocycles. The predicted molar refractivity (Wildman–Crippen MR) is 104 cm³/mol. The monoisotopic (exact) mass is 367 g/mol. The number of allylic oxidation sites excluding steroid dienone is 1. The van der Waals surface area contributed by atoms with E-state index < -0.39 is 0 Å². The zero-order valence-electron chi connectivity index (χ0n) is 15.4. The van der Waals surface area contributed by atoms with Crippen LogP contribution in [-0.4, -0.2) is 32.3 Å². The van der Waals surface area contributed by atoms with Gasteiger partial charge in [-0.3, -0.25) is 13.9 Å². The summed E-state index contributed by atoms with van der Waals surface area (Å²) in [5.74, 6) is 1.45. The molecule has 8 nitrogen and oxygen atoms in total. The van der Waals surface area contributed by atoms with Crippen molar-refractivity contribution in [2.75, 3.05) is 18.6 Å². The van der Waals surface area contributed by atoms with Crippen molar-refractivity contribution in [2.24, 2.45) is 7.05 Å². The van der Waals surface area contributed by atoms with Crippen LogP contribution < -0.4 is 20.9 Å². The molecule has 0 atom stereocenters. The number of ether oxygens (including phenoxy) is 1. The van der Waals surface area contributed by atoms with Gasteiger partial charge >= 0.3 is 5.69 Å². The van der Waals surface area contributed by atoms with Crippen LogP contribution in [-0.2, 0) is 20.1 Å². The lowest BCUT2D eigenvalue weighted by Gasteiger charge is -2.29. The van der Waals surface area contributed by atoms with Gasteiger partial charge in [0, 0.05) is 32.4 Å². The number of aryl methyl sites for hydroxylation is 2. The molecule has 3 aromatic rings. The molecular formula is C19H21N5O3. The van der Waals surface area contributed by atoms with Crippen molar-refractivity contribution in [3.63, 3.8) is 0 Å². The van der Waals surface area contributed by atoms with Crippen molar-refractivity contribution >= 4 is 22.8 Å². The molecule has 1 aromatic carbocycles. The summed E-state index contributed by atoms with van der Waals surface area (Å²) in [7, 11) is 3.27. The first-order valence-electron chi connectivity index (χ1n) is 8.79. The molecule has 0 bridgehead atoms. The molecule has 8 heteroatoms. The van der Waals surface area contributed by atoms with E-state index in [2.05, 4.69) is 16.5 Å². The van der Waals surface area contributed by atoms with E-state index in [1.807, 2.05) is 28.8 Å². The smallest absolute Gasteiger partial charge is 0.332 e. The Balaban J connectivity index is 1.95. The summed E-state index contributed by atoms with van der Waals surface area (Å²) in [6.07, 6.45) is 2.42. The molecule has 0 spiro atoms. The van der Waals surface area contributed by atoms with Crippen LogP contribution in [0.2, 0.25) is 0 Å². The average Bonchev–Trinajstić information content (AvgIpc) is 3.09. The average molecular weight is 367 g/mol. The zero-order chi connectivity index (χ0) is 19.1. The number of rotatable bonds is 4. The van der Waals surface area contributed by atoms with Crippen LogP contribution in [0, 0.1) is 0 Å². The quantitative estimate of drug-likeness (QED) is 0.656. The van der Waals surface area contributed by atoms with Crippen molar-refractivity contribution in [1.82, 2.24) is 18.7 Å². The summed E-state index contributed by atoms with van der Waals surface area (Å²) in [6, 6.07) is 7.71. The number of fused-ring (bicyclic) bond motifs is 3. The summed E-state index contributed by atoms with van der Waals surface area (Å²) < 4.78 is 9.75. The second-order valence-electron chi connectivity index (χ2n) is 6.48. The lowest BCUT2D eigenvalue weighted by atomic mass is 10.2. The predicted octanol–water partition coefficient (Wildman–Crippen LogP) is 1.63. The first-order valence-corrected chi connectivity index (χ1v) is 8.79. The van der Waals surface area contributed by atoms with Gasteiger partial charge in [-0.05, 0) is 30.7 Å². The normalized spacial score (nSPS) is 13.6. The summed E-state index contributed by atoms with van der Waals surface area (Å²) in [4.78, 5) is 32.2. The molecule has 0 amide bonds. The fraction of sp³-hybridized carbons (Fsp3) is 0.316. The van der Waals surface area contributed by atoms with Crippen molar-refractivity contribution in [3.8, 4) is 5.75 Å². The number of imidazole rings is 1. The van der Waals surface area contributed by atoms with E-state index in [-0.39, 0.29) is 17.8 Å². The molecule has 4 rings (SSSR count). The van der Waals surface area contributed by atoms with E-state index in [4.69, 9.17) is 4.74 Å². The maximum Gasteiger partial charge on any atom is 0.332 e. The van der Waals surface area contributed by atoms with Crippen LogP contribution in [0.3, 0.4) is 0 Å². The third-order valence-corrected chi connectivity index (χ3v) is 4.91. The van der Waals surface area contributed by atoms with Crippen LogP contribution >= 0.6 is 0 Å². The Hall–Kier alpha value is -3.29. The van der Waals surface area contributed by atoms with Gasteiger partial charge in [0.25, 0.3) is 5.56 Å². The molecule has 0 saturated carbocycles. The standard InChI is InChI=1S/C19H21N5O3/c1-4-10-24-17(25)15-16(21(2)19(24)26)20-18-22(11-5-12-23(15)18)13-6-8-14(27-3)9-7-13/h4,6-9H,1,5,10-12H2,2-3H3. The first kappa shape index (κ1) is 17.1. The minimum atomic E-state index is -0.390. The largest absolute Gasteiger partial charge is 0.497 e. The van der Waals surface area contributed by atoms with Crippen molar-refractivity contribution in [3.05, 3.63) is 57.8 Å². The van der Waals surface area contributed by atoms with Gasteiger partial charge in [-0.15, -0.1) is 6.58 Å². The van der Waals surface area contributed by atoms with Crippen LogP contribution in [0.1, 0.15) is 6.42 Å². The number of anilines is 2. The van der Waals surface area contributed by atoms with Gasteiger partial charge in [0.1, 0.15) is 5.75 Å². The van der Waals surface area contributed by atoms with E-state index >= 15 is 0 Å². The summed E-state index contributed by atoms with van der Waals surface area (Å²) in [5, 5.41) is 0. The lowest BCUT2D eigenvalue weighted by Crippen LogP contribution is -2.39. The molecule has 3 heterocycles. The second kappa shape index (κ2) is 6.46. The highest BCUT2D eigenvalue weighted by Crippen LogP contribution is 2.31. The van der Waals surface area contributed by atoms with E-state index in [0.717, 1.165) is 24.4 Å². The van der Waals surface area contributed by atoms with Gasteiger partial charge in [0.05, 0.1) is 7.11 Å². The molecule has 27 heavy (non-hydrogen) atoms. The molecular weight excluding hydrogens is 346 g/mol. The number of nitrogens with zero attached hydrogens (tertiary/aromatic N) is 5. The van der Waals surface area contributed by atoms with E-state index in [9.17, 15) is 9.59 Å². The Morgan fingerprint density at radius 2 is 1.96 bits per heavy atom. The molecule has 1 aliphatic rings. The van der Waals surface area contributed by atoms with Gasteiger partial charge in [0.15, 0.2) is 11.2 Å². The Kier molecular flexibility index (Phi) is 4.10. The Morgan fingerprint density at radius 1 is 1.22 bits per heavy atom.